The highest BCUT2D eigenvalue weighted by Gasteiger charge is 2.22. The van der Waals surface area contributed by atoms with Gasteiger partial charge in [0.2, 0.25) is 0 Å². The number of carbonyl (C=O) groups excluding carboxylic acids is 6. The molecule has 0 saturated heterocycles. The van der Waals surface area contributed by atoms with Gasteiger partial charge in [-0.2, -0.15) is 0 Å². The van der Waals surface area contributed by atoms with Crippen LogP contribution in [0.15, 0.2) is 183 Å². The first-order valence-corrected chi connectivity index (χ1v) is 24.4. The predicted octanol–water partition coefficient (Wildman–Crippen LogP) is 11.4. The topological polar surface area (TPSA) is 195 Å². The standard InChI is InChI=1S/C63H50O16/c1-5-57(65)75-37-36-74-48-26-20-46(21-27-48)63(69)79-52-29-15-42(39-56(52)71-4)17-33-59(67)77-54-31-23-44-11-7-9-13-50(44)61(54)60-49-12-8-6-10-43(49)22-30-53(60)76-58(66)32-16-41-14-28-51(55(38-41)70-3)78-62(68)45-18-24-47(25-19-45)73-35-34-72-40(2)64/h5-33,38-39H,1,34-37H2,2-4H3/b32-16+,33-17+. The van der Waals surface area contributed by atoms with Gasteiger partial charge in [0, 0.05) is 36.3 Å². The number of hydrogen-bond donors (Lipinski definition) is 0. The number of carbonyl (C=O) groups is 6. The molecule has 16 nitrogen and oxygen atoms in total. The molecule has 0 aliphatic heterocycles. The molecule has 0 aliphatic carbocycles. The summed E-state index contributed by atoms with van der Waals surface area (Å²) in [6, 6.07) is 44.2. The van der Waals surface area contributed by atoms with Crippen LogP contribution in [0.5, 0.6) is 46.0 Å². The van der Waals surface area contributed by atoms with Crippen LogP contribution in [-0.4, -0.2) is 76.5 Å². The van der Waals surface area contributed by atoms with Crippen molar-refractivity contribution in [2.75, 3.05) is 40.6 Å². The number of fused-ring (bicyclic) bond motifs is 2. The second-order valence-electron chi connectivity index (χ2n) is 16.9. The molecule has 0 unspecified atom stereocenters. The largest absolute Gasteiger partial charge is 0.493 e. The lowest BCUT2D eigenvalue weighted by Crippen LogP contribution is -2.11. The summed E-state index contributed by atoms with van der Waals surface area (Å²) in [5.41, 5.74) is 2.56. The fraction of sp³-hybridized carbons (Fsp3) is 0.111. The zero-order valence-corrected chi connectivity index (χ0v) is 43.0. The molecule has 16 heteroatoms. The molecular formula is C63H50O16. The average Bonchev–Trinajstić information content (AvgIpc) is 3.58. The molecular weight excluding hydrogens is 1010 g/mol. The van der Waals surface area contributed by atoms with Crippen LogP contribution >= 0.6 is 0 Å². The van der Waals surface area contributed by atoms with Crippen molar-refractivity contribution in [3.63, 3.8) is 0 Å². The molecule has 0 amide bonds. The lowest BCUT2D eigenvalue weighted by molar-refractivity contribution is -0.141. The van der Waals surface area contributed by atoms with Crippen molar-refractivity contribution in [2.24, 2.45) is 0 Å². The Morgan fingerprint density at radius 3 is 1.27 bits per heavy atom. The molecule has 398 valence electrons. The van der Waals surface area contributed by atoms with Crippen LogP contribution < -0.4 is 37.9 Å². The van der Waals surface area contributed by atoms with Gasteiger partial charge in [-0.15, -0.1) is 0 Å². The Kier molecular flexibility index (Phi) is 18.3. The Balaban J connectivity index is 0.966. The third-order valence-corrected chi connectivity index (χ3v) is 11.7. The van der Waals surface area contributed by atoms with E-state index in [9.17, 15) is 28.8 Å². The second kappa shape index (κ2) is 26.3. The van der Waals surface area contributed by atoms with Gasteiger partial charge in [-0.05, 0) is 130 Å². The summed E-state index contributed by atoms with van der Waals surface area (Å²) in [4.78, 5) is 75.9. The van der Waals surface area contributed by atoms with E-state index in [1.807, 2.05) is 60.7 Å². The minimum absolute atomic E-state index is 0.0307. The van der Waals surface area contributed by atoms with Crippen molar-refractivity contribution in [1.29, 1.82) is 0 Å². The summed E-state index contributed by atoms with van der Waals surface area (Å²) in [7, 11) is 2.84. The smallest absolute Gasteiger partial charge is 0.343 e. The zero-order chi connectivity index (χ0) is 55.7. The predicted molar refractivity (Wildman–Crippen MR) is 294 cm³/mol. The van der Waals surface area contributed by atoms with Gasteiger partial charge in [-0.3, -0.25) is 4.79 Å². The molecule has 0 saturated carbocycles. The first-order chi connectivity index (χ1) is 38.4. The summed E-state index contributed by atoms with van der Waals surface area (Å²) in [6.07, 6.45) is 6.61. The molecule has 0 atom stereocenters. The van der Waals surface area contributed by atoms with E-state index >= 15 is 0 Å². The molecule has 0 radical (unpaired) electrons. The van der Waals surface area contributed by atoms with E-state index in [1.165, 1.54) is 75.8 Å². The quantitative estimate of drug-likeness (QED) is 0.0269. The van der Waals surface area contributed by atoms with E-state index in [-0.39, 0.29) is 72.1 Å². The van der Waals surface area contributed by atoms with Crippen molar-refractivity contribution < 1.29 is 76.1 Å². The summed E-state index contributed by atoms with van der Waals surface area (Å²) >= 11 is 0. The van der Waals surface area contributed by atoms with Crippen molar-refractivity contribution >= 4 is 69.5 Å². The lowest BCUT2D eigenvalue weighted by atomic mass is 9.92. The Morgan fingerprint density at radius 2 is 0.848 bits per heavy atom. The molecule has 0 bridgehead atoms. The number of benzene rings is 8. The Morgan fingerprint density at radius 1 is 0.430 bits per heavy atom. The van der Waals surface area contributed by atoms with Crippen LogP contribution in [0.4, 0.5) is 0 Å². The molecule has 0 spiro atoms. The zero-order valence-electron chi connectivity index (χ0n) is 43.0. The van der Waals surface area contributed by atoms with Crippen molar-refractivity contribution in [3.8, 4) is 57.1 Å². The lowest BCUT2D eigenvalue weighted by Gasteiger charge is -2.18. The minimum Gasteiger partial charge on any atom is -0.493 e. The van der Waals surface area contributed by atoms with Crippen LogP contribution in [0.25, 0.3) is 44.8 Å². The number of ether oxygens (including phenoxy) is 10. The van der Waals surface area contributed by atoms with Crippen LogP contribution in [0.1, 0.15) is 38.8 Å². The number of esters is 6. The van der Waals surface area contributed by atoms with Gasteiger partial charge in [0.1, 0.15) is 49.4 Å². The van der Waals surface area contributed by atoms with Crippen molar-refractivity contribution in [3.05, 3.63) is 205 Å². The summed E-state index contributed by atoms with van der Waals surface area (Å²) in [5, 5.41) is 3.10. The van der Waals surface area contributed by atoms with Crippen LogP contribution in [0.2, 0.25) is 0 Å². The van der Waals surface area contributed by atoms with E-state index in [4.69, 9.17) is 47.4 Å². The number of hydrogen-bond acceptors (Lipinski definition) is 16. The van der Waals surface area contributed by atoms with E-state index in [0.29, 0.717) is 33.8 Å². The van der Waals surface area contributed by atoms with Gasteiger partial charge in [-0.1, -0.05) is 79.4 Å². The van der Waals surface area contributed by atoms with Crippen molar-refractivity contribution in [2.45, 2.75) is 6.92 Å². The summed E-state index contributed by atoms with van der Waals surface area (Å²) in [5.74, 6) is -1.66. The molecule has 0 heterocycles. The third kappa shape index (κ3) is 14.5. The molecule has 79 heavy (non-hydrogen) atoms. The van der Waals surface area contributed by atoms with Crippen molar-refractivity contribution in [1.82, 2.24) is 0 Å². The third-order valence-electron chi connectivity index (χ3n) is 11.7. The summed E-state index contributed by atoms with van der Waals surface area (Å²) < 4.78 is 55.4. The van der Waals surface area contributed by atoms with E-state index in [2.05, 4.69) is 6.58 Å². The average molecular weight is 1060 g/mol. The molecule has 0 aliphatic rings. The highest BCUT2D eigenvalue weighted by atomic mass is 16.6. The SMILES string of the molecule is C=CC(=O)OCCOc1ccc(C(=O)Oc2ccc(/C=C/C(=O)Oc3ccc4ccccc4c3-c3c(OC(=O)/C=C/c4ccc(OC(=O)c5ccc(OCCOC(C)=O)cc5)c(OC)c4)ccc4ccccc34)cc2OC)cc1. The highest BCUT2D eigenvalue weighted by Crippen LogP contribution is 2.46. The molecule has 8 rings (SSSR count). The fourth-order valence-corrected chi connectivity index (χ4v) is 7.94. The first-order valence-electron chi connectivity index (χ1n) is 24.4. The maximum atomic E-state index is 13.8. The van der Waals surface area contributed by atoms with Gasteiger partial charge in [0.25, 0.3) is 0 Å². The Labute approximate surface area is 453 Å². The van der Waals surface area contributed by atoms with Crippen LogP contribution in [0, 0.1) is 0 Å². The van der Waals surface area contributed by atoms with Crippen LogP contribution in [0.3, 0.4) is 0 Å². The fourth-order valence-electron chi connectivity index (χ4n) is 7.94. The maximum Gasteiger partial charge on any atom is 0.343 e. The minimum atomic E-state index is -0.719. The monoisotopic (exact) mass is 1060 g/mol. The van der Waals surface area contributed by atoms with E-state index in [0.717, 1.165) is 27.6 Å². The summed E-state index contributed by atoms with van der Waals surface area (Å²) in [6.45, 7) is 5.03. The van der Waals surface area contributed by atoms with Gasteiger partial charge in [0.15, 0.2) is 23.0 Å². The van der Waals surface area contributed by atoms with Gasteiger partial charge < -0.3 is 47.4 Å². The van der Waals surface area contributed by atoms with Gasteiger partial charge in [0.05, 0.1) is 25.3 Å². The Bertz CT molecular complexity index is 3630. The normalized spacial score (nSPS) is 10.9. The van der Waals surface area contributed by atoms with Gasteiger partial charge >= 0.3 is 35.8 Å². The number of methoxy groups -OCH3 is 2. The number of rotatable bonds is 22. The molecule has 0 N–H and O–H groups in total. The second-order valence-corrected chi connectivity index (χ2v) is 16.9. The van der Waals surface area contributed by atoms with E-state index in [1.54, 1.807) is 66.7 Å². The Hall–Kier alpha value is -10.5. The maximum absolute atomic E-state index is 13.8. The molecule has 8 aromatic rings. The molecule has 0 fully saturated rings. The van der Waals surface area contributed by atoms with E-state index < -0.39 is 35.8 Å². The van der Waals surface area contributed by atoms with Crippen LogP contribution in [-0.2, 0) is 28.7 Å². The highest BCUT2D eigenvalue weighted by molar-refractivity contribution is 6.11. The first kappa shape index (κ1) is 54.8. The van der Waals surface area contributed by atoms with Gasteiger partial charge in [-0.25, -0.2) is 24.0 Å². The molecule has 0 aromatic heterocycles. The molecule has 8 aromatic carbocycles.